The molecular formula is C15H23N3O3S. The van der Waals surface area contributed by atoms with Gasteiger partial charge in [-0.25, -0.2) is 8.42 Å². The normalized spacial score (nSPS) is 17.4. The van der Waals surface area contributed by atoms with E-state index in [1.165, 1.54) is 11.2 Å². The number of hydrogen-bond donors (Lipinski definition) is 1. The Morgan fingerprint density at radius 3 is 2.23 bits per heavy atom. The van der Waals surface area contributed by atoms with Gasteiger partial charge in [-0.3, -0.25) is 4.79 Å². The average Bonchev–Trinajstić information content (AvgIpc) is 2.48. The highest BCUT2D eigenvalue weighted by atomic mass is 32.2. The predicted octanol–water partition coefficient (Wildman–Crippen LogP) is 1.36. The zero-order valence-corrected chi connectivity index (χ0v) is 13.9. The number of anilines is 1. The summed E-state index contributed by atoms with van der Waals surface area (Å²) in [6.45, 7) is 7.15. The van der Waals surface area contributed by atoms with Gasteiger partial charge >= 0.3 is 0 Å². The maximum absolute atomic E-state index is 12.6. The summed E-state index contributed by atoms with van der Waals surface area (Å²) in [6.07, 6.45) is 1.08. The fraction of sp³-hybridized carbons (Fsp3) is 0.533. The Labute approximate surface area is 132 Å². The quantitative estimate of drug-likeness (QED) is 0.887. The first-order chi connectivity index (χ1) is 10.4. The minimum Gasteiger partial charge on any atom is -0.326 e. The van der Waals surface area contributed by atoms with Crippen LogP contribution in [0.15, 0.2) is 29.2 Å². The fourth-order valence-corrected chi connectivity index (χ4v) is 3.99. The summed E-state index contributed by atoms with van der Waals surface area (Å²) in [5.74, 6) is -0.178. The zero-order chi connectivity index (χ0) is 16.2. The molecule has 1 N–H and O–H groups in total. The second-order valence-corrected chi connectivity index (χ2v) is 7.39. The third-order valence-corrected chi connectivity index (χ3v) is 5.60. The molecule has 1 amide bonds. The molecule has 1 aliphatic heterocycles. The minimum atomic E-state index is -3.45. The molecular weight excluding hydrogens is 302 g/mol. The summed E-state index contributed by atoms with van der Waals surface area (Å²) in [5.41, 5.74) is 0.596. The SMILES string of the molecule is CCCN1CCN(S(=O)(=O)c2ccc(NC(C)=O)cc2)CC1. The van der Waals surface area contributed by atoms with Gasteiger partial charge in [0, 0.05) is 38.8 Å². The molecule has 1 saturated heterocycles. The van der Waals surface area contributed by atoms with E-state index in [0.29, 0.717) is 18.8 Å². The topological polar surface area (TPSA) is 69.7 Å². The number of piperazine rings is 1. The maximum atomic E-state index is 12.6. The van der Waals surface area contributed by atoms with Gasteiger partial charge in [-0.1, -0.05) is 6.92 Å². The van der Waals surface area contributed by atoms with Crippen LogP contribution in [0.2, 0.25) is 0 Å². The Kier molecular flexibility index (Phi) is 5.55. The van der Waals surface area contributed by atoms with Crippen molar-refractivity contribution in [2.24, 2.45) is 0 Å². The van der Waals surface area contributed by atoms with Crippen molar-refractivity contribution in [1.29, 1.82) is 0 Å². The lowest BCUT2D eigenvalue weighted by Gasteiger charge is -2.33. The number of benzene rings is 1. The number of hydrogen-bond acceptors (Lipinski definition) is 4. The molecule has 0 aromatic heterocycles. The van der Waals surface area contributed by atoms with Crippen molar-refractivity contribution in [3.05, 3.63) is 24.3 Å². The first-order valence-electron chi connectivity index (χ1n) is 7.53. The Hall–Kier alpha value is -1.44. The molecule has 0 saturated carbocycles. The average molecular weight is 325 g/mol. The van der Waals surface area contributed by atoms with Gasteiger partial charge < -0.3 is 10.2 Å². The van der Waals surface area contributed by atoms with Crippen molar-refractivity contribution < 1.29 is 13.2 Å². The van der Waals surface area contributed by atoms with E-state index in [1.54, 1.807) is 24.3 Å². The van der Waals surface area contributed by atoms with Crippen molar-refractivity contribution in [2.45, 2.75) is 25.2 Å². The second-order valence-electron chi connectivity index (χ2n) is 5.45. The van der Waals surface area contributed by atoms with E-state index >= 15 is 0 Å². The van der Waals surface area contributed by atoms with Gasteiger partial charge in [0.05, 0.1) is 4.90 Å². The molecule has 2 rings (SSSR count). The number of carbonyl (C=O) groups is 1. The van der Waals surface area contributed by atoms with Gasteiger partial charge in [0.1, 0.15) is 0 Å². The van der Waals surface area contributed by atoms with Crippen LogP contribution in [0.4, 0.5) is 5.69 Å². The van der Waals surface area contributed by atoms with Crippen LogP contribution in [0.25, 0.3) is 0 Å². The lowest BCUT2D eigenvalue weighted by molar-refractivity contribution is -0.114. The summed E-state index contributed by atoms with van der Waals surface area (Å²) in [4.78, 5) is 13.5. The molecule has 0 aliphatic carbocycles. The lowest BCUT2D eigenvalue weighted by Crippen LogP contribution is -2.48. The van der Waals surface area contributed by atoms with Crippen LogP contribution in [0, 0.1) is 0 Å². The van der Waals surface area contributed by atoms with Gasteiger partial charge in [0.2, 0.25) is 15.9 Å². The summed E-state index contributed by atoms with van der Waals surface area (Å²) in [5, 5.41) is 2.63. The second kappa shape index (κ2) is 7.21. The molecule has 122 valence electrons. The predicted molar refractivity (Wildman–Crippen MR) is 86.2 cm³/mol. The molecule has 0 unspecified atom stereocenters. The molecule has 1 aromatic carbocycles. The van der Waals surface area contributed by atoms with Gasteiger partial charge in [-0.05, 0) is 37.2 Å². The van der Waals surface area contributed by atoms with Crippen LogP contribution in [0.5, 0.6) is 0 Å². The van der Waals surface area contributed by atoms with Crippen LogP contribution in [0.1, 0.15) is 20.3 Å². The smallest absolute Gasteiger partial charge is 0.243 e. The third kappa shape index (κ3) is 4.06. The molecule has 6 nitrogen and oxygen atoms in total. The fourth-order valence-electron chi connectivity index (χ4n) is 2.57. The molecule has 1 aromatic rings. The molecule has 0 spiro atoms. The number of sulfonamides is 1. The van der Waals surface area contributed by atoms with Crippen LogP contribution < -0.4 is 5.32 Å². The van der Waals surface area contributed by atoms with E-state index < -0.39 is 10.0 Å². The van der Waals surface area contributed by atoms with E-state index in [2.05, 4.69) is 17.1 Å². The van der Waals surface area contributed by atoms with E-state index in [-0.39, 0.29) is 10.8 Å². The summed E-state index contributed by atoms with van der Waals surface area (Å²) in [7, 11) is -3.45. The van der Waals surface area contributed by atoms with Crippen molar-refractivity contribution in [1.82, 2.24) is 9.21 Å². The molecule has 0 atom stereocenters. The van der Waals surface area contributed by atoms with Crippen LogP contribution >= 0.6 is 0 Å². The van der Waals surface area contributed by atoms with Crippen molar-refractivity contribution in [3.63, 3.8) is 0 Å². The minimum absolute atomic E-state index is 0.178. The number of amides is 1. The zero-order valence-electron chi connectivity index (χ0n) is 13.1. The maximum Gasteiger partial charge on any atom is 0.243 e. The van der Waals surface area contributed by atoms with E-state index in [0.717, 1.165) is 26.1 Å². The Bertz CT molecular complexity index is 605. The standard InChI is InChI=1S/C15H23N3O3S/c1-3-8-17-9-11-18(12-10-17)22(20,21)15-6-4-14(5-7-15)16-13(2)19/h4-7H,3,8-12H2,1-2H3,(H,16,19). The largest absolute Gasteiger partial charge is 0.326 e. The number of nitrogens with one attached hydrogen (secondary N) is 1. The Balaban J connectivity index is 2.06. The highest BCUT2D eigenvalue weighted by molar-refractivity contribution is 7.89. The summed E-state index contributed by atoms with van der Waals surface area (Å²) < 4.78 is 26.7. The van der Waals surface area contributed by atoms with E-state index in [1.807, 2.05) is 0 Å². The number of rotatable bonds is 5. The first-order valence-corrected chi connectivity index (χ1v) is 8.97. The highest BCUT2D eigenvalue weighted by Gasteiger charge is 2.28. The van der Waals surface area contributed by atoms with Gasteiger partial charge in [-0.15, -0.1) is 0 Å². The molecule has 1 aliphatic rings. The van der Waals surface area contributed by atoms with Crippen LogP contribution in [-0.4, -0.2) is 56.3 Å². The van der Waals surface area contributed by atoms with Crippen molar-refractivity contribution in [2.75, 3.05) is 38.0 Å². The highest BCUT2D eigenvalue weighted by Crippen LogP contribution is 2.20. The molecule has 22 heavy (non-hydrogen) atoms. The molecule has 0 bridgehead atoms. The number of carbonyl (C=O) groups excluding carboxylic acids is 1. The van der Waals surface area contributed by atoms with Gasteiger partial charge in [0.25, 0.3) is 0 Å². The van der Waals surface area contributed by atoms with Crippen LogP contribution in [-0.2, 0) is 14.8 Å². The van der Waals surface area contributed by atoms with Crippen molar-refractivity contribution >= 4 is 21.6 Å². The summed E-state index contributed by atoms with van der Waals surface area (Å²) in [6, 6.07) is 6.31. The summed E-state index contributed by atoms with van der Waals surface area (Å²) >= 11 is 0. The van der Waals surface area contributed by atoms with Gasteiger partial charge in [0.15, 0.2) is 0 Å². The Morgan fingerprint density at radius 2 is 1.73 bits per heavy atom. The van der Waals surface area contributed by atoms with Crippen molar-refractivity contribution in [3.8, 4) is 0 Å². The molecule has 1 heterocycles. The monoisotopic (exact) mass is 325 g/mol. The Morgan fingerprint density at radius 1 is 1.14 bits per heavy atom. The van der Waals surface area contributed by atoms with Crippen LogP contribution in [0.3, 0.4) is 0 Å². The van der Waals surface area contributed by atoms with E-state index in [4.69, 9.17) is 0 Å². The first kappa shape index (κ1) is 16.9. The molecule has 7 heteroatoms. The third-order valence-electron chi connectivity index (χ3n) is 3.68. The molecule has 1 fully saturated rings. The van der Waals surface area contributed by atoms with E-state index in [9.17, 15) is 13.2 Å². The lowest BCUT2D eigenvalue weighted by atomic mass is 10.3. The number of nitrogens with zero attached hydrogens (tertiary/aromatic N) is 2. The van der Waals surface area contributed by atoms with Gasteiger partial charge in [-0.2, -0.15) is 4.31 Å². The molecule has 0 radical (unpaired) electrons.